The van der Waals surface area contributed by atoms with Gasteiger partial charge in [0.25, 0.3) is 17.7 Å². The van der Waals surface area contributed by atoms with Crippen LogP contribution in [-0.2, 0) is 9.59 Å². The quantitative estimate of drug-likeness (QED) is 0.241. The van der Waals surface area contributed by atoms with Crippen LogP contribution in [0.1, 0.15) is 76.0 Å². The van der Waals surface area contributed by atoms with Gasteiger partial charge in [0.1, 0.15) is 11.7 Å². The van der Waals surface area contributed by atoms with Crippen LogP contribution in [0.3, 0.4) is 0 Å². The van der Waals surface area contributed by atoms with Gasteiger partial charge in [-0.25, -0.2) is 9.24 Å². The number of imide groups is 2. The molecule has 6 aliphatic heterocycles. The second kappa shape index (κ2) is 15.8. The van der Waals surface area contributed by atoms with Crippen molar-refractivity contribution in [3.05, 3.63) is 93.8 Å². The fraction of sp³-hybridized carbons (Fsp3) is 0.467. The number of nitrogens with zero attached hydrogens (tertiary/aromatic N) is 7. The van der Waals surface area contributed by atoms with E-state index in [0.29, 0.717) is 48.7 Å². The molecule has 9 rings (SSSR count). The van der Waals surface area contributed by atoms with E-state index in [-0.39, 0.29) is 35.3 Å². The summed E-state index contributed by atoms with van der Waals surface area (Å²) in [6, 6.07) is 17.6. The minimum absolute atomic E-state index is 0.0596. The van der Waals surface area contributed by atoms with E-state index < -0.39 is 35.3 Å². The van der Waals surface area contributed by atoms with Gasteiger partial charge in [0.15, 0.2) is 0 Å². The maximum absolute atomic E-state index is 16.3. The van der Waals surface area contributed by atoms with Crippen LogP contribution in [0.5, 0.6) is 0 Å². The third-order valence-electron chi connectivity index (χ3n) is 13.8. The SMILES string of the molecule is [C-]#[N+]c1ccc(N2CCC3(CCN(C(=O)c4ccc(N5CCN(CC6(F)CCN(c7ccc8c(c7)C(=O)N(C7CCC(=O)NC7=O)C8=O)CC6)CC5)cc4)CC3)C2)cc1Cl. The number of hydrogen-bond donors (Lipinski definition) is 1. The normalized spacial score (nSPS) is 22.9. The summed E-state index contributed by atoms with van der Waals surface area (Å²) in [6.07, 6.45) is 3.81. The Morgan fingerprint density at radius 1 is 0.750 bits per heavy atom. The van der Waals surface area contributed by atoms with Crippen molar-refractivity contribution in [2.75, 3.05) is 86.7 Å². The predicted molar refractivity (Wildman–Crippen MR) is 226 cm³/mol. The highest BCUT2D eigenvalue weighted by molar-refractivity contribution is 6.33. The Hall–Kier alpha value is -5.52. The van der Waals surface area contributed by atoms with Crippen molar-refractivity contribution in [2.45, 2.75) is 56.7 Å². The maximum atomic E-state index is 16.3. The number of piperidine rings is 3. The summed E-state index contributed by atoms with van der Waals surface area (Å²) in [5.74, 6) is -2.09. The molecule has 0 radical (unpaired) electrons. The first-order chi connectivity index (χ1) is 28.9. The van der Waals surface area contributed by atoms with Gasteiger partial charge >= 0.3 is 0 Å². The number of rotatable bonds is 7. The highest BCUT2D eigenvalue weighted by Crippen LogP contribution is 2.43. The van der Waals surface area contributed by atoms with Crippen molar-refractivity contribution < 1.29 is 28.4 Å². The highest BCUT2D eigenvalue weighted by atomic mass is 35.5. The molecule has 6 heterocycles. The molecule has 60 heavy (non-hydrogen) atoms. The van der Waals surface area contributed by atoms with Crippen molar-refractivity contribution in [1.29, 1.82) is 0 Å². The first kappa shape index (κ1) is 39.9. The van der Waals surface area contributed by atoms with E-state index in [4.69, 9.17) is 18.2 Å². The summed E-state index contributed by atoms with van der Waals surface area (Å²) < 4.78 is 16.3. The monoisotopic (exact) mass is 834 g/mol. The number of hydrogen-bond acceptors (Lipinski definition) is 9. The zero-order valence-electron chi connectivity index (χ0n) is 33.5. The fourth-order valence-corrected chi connectivity index (χ4v) is 10.3. The van der Waals surface area contributed by atoms with Crippen LogP contribution in [-0.4, -0.2) is 128 Å². The van der Waals surface area contributed by atoms with Crippen LogP contribution < -0.4 is 20.0 Å². The van der Waals surface area contributed by atoms with Gasteiger partial charge in [-0.2, -0.15) is 0 Å². The molecule has 15 heteroatoms. The third-order valence-corrected chi connectivity index (χ3v) is 14.1. The van der Waals surface area contributed by atoms with Gasteiger partial charge in [-0.1, -0.05) is 17.7 Å². The summed E-state index contributed by atoms with van der Waals surface area (Å²) in [5.41, 5.74) is 3.27. The number of piperazine rings is 1. The van der Waals surface area contributed by atoms with Crippen LogP contribution in [0.2, 0.25) is 5.02 Å². The number of benzene rings is 3. The minimum Gasteiger partial charge on any atom is -0.371 e. The molecule has 0 aliphatic carbocycles. The lowest BCUT2D eigenvalue weighted by Gasteiger charge is -2.43. The number of carbonyl (C=O) groups is 5. The molecular formula is C45H48ClFN8O5. The lowest BCUT2D eigenvalue weighted by atomic mass is 9.77. The average molecular weight is 835 g/mol. The summed E-state index contributed by atoms with van der Waals surface area (Å²) >= 11 is 6.32. The molecule has 0 saturated carbocycles. The summed E-state index contributed by atoms with van der Waals surface area (Å²) in [7, 11) is 0. The molecule has 312 valence electrons. The number of alkyl halides is 1. The molecule has 3 aromatic carbocycles. The molecule has 0 aromatic heterocycles. The summed E-state index contributed by atoms with van der Waals surface area (Å²) in [4.78, 5) is 79.4. The number of likely N-dealkylation sites (tertiary alicyclic amines) is 1. The number of halogens is 2. The van der Waals surface area contributed by atoms with E-state index in [9.17, 15) is 24.0 Å². The molecule has 5 saturated heterocycles. The second-order valence-electron chi connectivity index (χ2n) is 17.3. The van der Waals surface area contributed by atoms with Crippen molar-refractivity contribution in [3.63, 3.8) is 0 Å². The van der Waals surface area contributed by atoms with Crippen LogP contribution in [0.15, 0.2) is 60.7 Å². The zero-order chi connectivity index (χ0) is 41.8. The number of anilines is 3. The molecule has 1 spiro atoms. The van der Waals surface area contributed by atoms with Crippen molar-refractivity contribution >= 4 is 63.9 Å². The van der Waals surface area contributed by atoms with Gasteiger partial charge in [-0.3, -0.25) is 39.1 Å². The van der Waals surface area contributed by atoms with E-state index in [2.05, 4.69) is 24.9 Å². The number of fused-ring (bicyclic) bond motifs is 1. The lowest BCUT2D eigenvalue weighted by molar-refractivity contribution is -0.136. The van der Waals surface area contributed by atoms with Crippen LogP contribution in [0, 0.1) is 12.0 Å². The first-order valence-corrected chi connectivity index (χ1v) is 21.4. The topological polar surface area (TPSA) is 121 Å². The summed E-state index contributed by atoms with van der Waals surface area (Å²) in [6.45, 7) is 14.8. The molecule has 3 aromatic rings. The zero-order valence-corrected chi connectivity index (χ0v) is 34.3. The Labute approximate surface area is 353 Å². The second-order valence-corrected chi connectivity index (χ2v) is 17.7. The Balaban J connectivity index is 0.726. The van der Waals surface area contributed by atoms with Crippen molar-refractivity contribution in [3.8, 4) is 0 Å². The average Bonchev–Trinajstić information content (AvgIpc) is 3.78. The van der Waals surface area contributed by atoms with Crippen LogP contribution in [0.25, 0.3) is 4.85 Å². The Bertz CT molecular complexity index is 2270. The Morgan fingerprint density at radius 2 is 1.37 bits per heavy atom. The number of nitrogens with one attached hydrogen (secondary N) is 1. The van der Waals surface area contributed by atoms with Gasteiger partial charge in [0.05, 0.1) is 17.7 Å². The first-order valence-electron chi connectivity index (χ1n) is 21.0. The molecule has 1 atom stereocenters. The van der Waals surface area contributed by atoms with Gasteiger partial charge in [0.2, 0.25) is 17.5 Å². The largest absolute Gasteiger partial charge is 0.371 e. The Morgan fingerprint density at radius 3 is 2.05 bits per heavy atom. The van der Waals surface area contributed by atoms with E-state index >= 15 is 4.39 Å². The maximum Gasteiger partial charge on any atom is 0.262 e. The number of amides is 5. The smallest absolute Gasteiger partial charge is 0.262 e. The van der Waals surface area contributed by atoms with E-state index in [1.165, 1.54) is 0 Å². The third kappa shape index (κ3) is 7.58. The molecule has 1 N–H and O–H groups in total. The predicted octanol–water partition coefficient (Wildman–Crippen LogP) is 5.56. The Kier molecular flexibility index (Phi) is 10.5. The molecule has 13 nitrogen and oxygen atoms in total. The standard InChI is InChI=1S/C45H48ClFN8O5/c1-48-37-9-7-33(27-36(37)46)54-19-14-44(28-54)12-17-53(18-13-44)41(58)30-2-4-31(5-3-30)52-24-22-50(23-25-52)29-45(47)15-20-51(21-16-45)32-6-8-34-35(26-32)43(60)55(42(34)59)38-10-11-39(56)49-40(38)57/h2-9,26-27,38H,10-25,28-29H2,(H,49,56,57). The van der Waals surface area contributed by atoms with Crippen molar-refractivity contribution in [1.82, 2.24) is 20.0 Å². The molecule has 5 fully saturated rings. The van der Waals surface area contributed by atoms with Gasteiger partial charge in [-0.15, -0.1) is 0 Å². The van der Waals surface area contributed by atoms with E-state index in [1.54, 1.807) is 24.3 Å². The highest BCUT2D eigenvalue weighted by Gasteiger charge is 2.46. The lowest BCUT2D eigenvalue weighted by Crippen LogP contribution is -2.54. The molecule has 0 bridgehead atoms. The van der Waals surface area contributed by atoms with Crippen LogP contribution >= 0.6 is 11.6 Å². The fourth-order valence-electron chi connectivity index (χ4n) is 10.1. The molecule has 1 unspecified atom stereocenters. The van der Waals surface area contributed by atoms with Gasteiger partial charge in [0, 0.05) is 119 Å². The minimum atomic E-state index is -1.35. The van der Waals surface area contributed by atoms with E-state index in [0.717, 1.165) is 93.6 Å². The van der Waals surface area contributed by atoms with Gasteiger partial charge in [-0.05, 0) is 85.7 Å². The van der Waals surface area contributed by atoms with Crippen LogP contribution in [0.4, 0.5) is 27.1 Å². The van der Waals surface area contributed by atoms with E-state index in [1.807, 2.05) is 46.2 Å². The molecule has 6 aliphatic rings. The molecule has 5 amide bonds. The molecular weight excluding hydrogens is 787 g/mol. The summed E-state index contributed by atoms with van der Waals surface area (Å²) in [5, 5.41) is 2.70. The van der Waals surface area contributed by atoms with Gasteiger partial charge < -0.3 is 19.6 Å². The van der Waals surface area contributed by atoms with Crippen molar-refractivity contribution in [2.24, 2.45) is 5.41 Å². The number of carbonyl (C=O) groups excluding carboxylic acids is 5.